The van der Waals surface area contributed by atoms with Crippen LogP contribution >= 0.6 is 0 Å². The summed E-state index contributed by atoms with van der Waals surface area (Å²) >= 11 is 0. The number of methoxy groups -OCH3 is 1. The molecule has 0 heterocycles. The fourth-order valence-electron chi connectivity index (χ4n) is 1.51. The first-order chi connectivity index (χ1) is 6.61. The third-order valence-corrected chi connectivity index (χ3v) is 2.46. The number of nitrogens with two attached hydrogens (primary N) is 1. The van der Waals surface area contributed by atoms with Crippen LogP contribution in [-0.2, 0) is 6.42 Å². The molecule has 0 unspecified atom stereocenters. The van der Waals surface area contributed by atoms with Crippen molar-refractivity contribution in [1.82, 2.24) is 0 Å². The van der Waals surface area contributed by atoms with Crippen molar-refractivity contribution >= 4 is 0 Å². The standard InChI is InChI=1S/C11H17NO2/c1-7-6-9(4-5-12)11(14-3)10(13)8(7)2/h6,13H,4-5,12H2,1-3H3. The van der Waals surface area contributed by atoms with Crippen molar-refractivity contribution < 1.29 is 9.84 Å². The molecule has 1 rings (SSSR count). The first kappa shape index (κ1) is 10.9. The summed E-state index contributed by atoms with van der Waals surface area (Å²) in [6, 6.07) is 2.01. The van der Waals surface area contributed by atoms with E-state index in [0.717, 1.165) is 23.1 Å². The van der Waals surface area contributed by atoms with Crippen LogP contribution in [-0.4, -0.2) is 18.8 Å². The van der Waals surface area contributed by atoms with Gasteiger partial charge >= 0.3 is 0 Å². The summed E-state index contributed by atoms with van der Waals surface area (Å²) in [6.45, 7) is 4.40. The van der Waals surface area contributed by atoms with Gasteiger partial charge in [-0.25, -0.2) is 0 Å². The van der Waals surface area contributed by atoms with E-state index in [1.54, 1.807) is 7.11 Å². The largest absolute Gasteiger partial charge is 0.504 e. The van der Waals surface area contributed by atoms with Crippen molar-refractivity contribution in [3.8, 4) is 11.5 Å². The third kappa shape index (κ3) is 1.82. The van der Waals surface area contributed by atoms with Crippen molar-refractivity contribution in [3.63, 3.8) is 0 Å². The Morgan fingerprint density at radius 2 is 2.07 bits per heavy atom. The van der Waals surface area contributed by atoms with Crippen LogP contribution in [0.3, 0.4) is 0 Å². The van der Waals surface area contributed by atoms with Crippen molar-refractivity contribution in [2.75, 3.05) is 13.7 Å². The molecule has 0 saturated heterocycles. The first-order valence-electron chi connectivity index (χ1n) is 4.68. The normalized spacial score (nSPS) is 10.3. The van der Waals surface area contributed by atoms with Gasteiger partial charge in [0.1, 0.15) is 0 Å². The van der Waals surface area contributed by atoms with Crippen molar-refractivity contribution in [2.45, 2.75) is 20.3 Å². The summed E-state index contributed by atoms with van der Waals surface area (Å²) in [5.74, 6) is 0.787. The zero-order valence-electron chi connectivity index (χ0n) is 8.92. The number of aryl methyl sites for hydroxylation is 1. The van der Waals surface area contributed by atoms with Gasteiger partial charge in [-0.15, -0.1) is 0 Å². The first-order valence-corrected chi connectivity index (χ1v) is 4.68. The lowest BCUT2D eigenvalue weighted by atomic mass is 10.0. The molecule has 3 N–H and O–H groups in total. The average Bonchev–Trinajstić information content (AvgIpc) is 2.16. The van der Waals surface area contributed by atoms with E-state index in [-0.39, 0.29) is 5.75 Å². The maximum absolute atomic E-state index is 9.82. The van der Waals surface area contributed by atoms with Crippen LogP contribution in [0, 0.1) is 13.8 Å². The number of aromatic hydroxyl groups is 1. The molecule has 1 aromatic rings. The van der Waals surface area contributed by atoms with Crippen LogP contribution in [0.15, 0.2) is 6.07 Å². The molecule has 0 aromatic heterocycles. The highest BCUT2D eigenvalue weighted by atomic mass is 16.5. The van der Waals surface area contributed by atoms with E-state index >= 15 is 0 Å². The SMILES string of the molecule is COc1c(CCN)cc(C)c(C)c1O. The molecule has 0 fully saturated rings. The average molecular weight is 195 g/mol. The second kappa shape index (κ2) is 4.33. The zero-order valence-corrected chi connectivity index (χ0v) is 8.92. The Morgan fingerprint density at radius 3 is 2.57 bits per heavy atom. The molecule has 3 nitrogen and oxygen atoms in total. The van der Waals surface area contributed by atoms with Gasteiger partial charge < -0.3 is 15.6 Å². The van der Waals surface area contributed by atoms with Gasteiger partial charge in [-0.1, -0.05) is 6.07 Å². The Morgan fingerprint density at radius 1 is 1.43 bits per heavy atom. The predicted octanol–water partition coefficient (Wildman–Crippen LogP) is 1.52. The molecule has 1 aromatic carbocycles. The Labute approximate surface area is 84.5 Å². The summed E-state index contributed by atoms with van der Waals surface area (Å²) in [7, 11) is 1.56. The topological polar surface area (TPSA) is 55.5 Å². The predicted molar refractivity (Wildman–Crippen MR) is 56.9 cm³/mol. The number of phenolic OH excluding ortho intramolecular Hbond substituents is 1. The molecule has 0 spiro atoms. The van der Waals surface area contributed by atoms with Gasteiger partial charge in [0.15, 0.2) is 11.5 Å². The maximum Gasteiger partial charge on any atom is 0.164 e. The molecule has 78 valence electrons. The van der Waals surface area contributed by atoms with Crippen LogP contribution in [0.5, 0.6) is 11.5 Å². The van der Waals surface area contributed by atoms with Crippen LogP contribution in [0.25, 0.3) is 0 Å². The number of hydrogen-bond acceptors (Lipinski definition) is 3. The van der Waals surface area contributed by atoms with Gasteiger partial charge in [-0.05, 0) is 43.5 Å². The van der Waals surface area contributed by atoms with E-state index in [1.165, 1.54) is 0 Å². The molecule has 0 aliphatic heterocycles. The number of phenols is 1. The zero-order chi connectivity index (χ0) is 10.7. The summed E-state index contributed by atoms with van der Waals surface area (Å²) in [6.07, 6.45) is 0.720. The molecule has 0 saturated carbocycles. The highest BCUT2D eigenvalue weighted by Gasteiger charge is 2.12. The van der Waals surface area contributed by atoms with Gasteiger partial charge in [0.2, 0.25) is 0 Å². The molecular weight excluding hydrogens is 178 g/mol. The fourth-order valence-corrected chi connectivity index (χ4v) is 1.51. The highest BCUT2D eigenvalue weighted by Crippen LogP contribution is 2.35. The maximum atomic E-state index is 9.82. The number of ether oxygens (including phenoxy) is 1. The second-order valence-corrected chi connectivity index (χ2v) is 3.40. The van der Waals surface area contributed by atoms with E-state index < -0.39 is 0 Å². The van der Waals surface area contributed by atoms with E-state index in [4.69, 9.17) is 10.5 Å². The molecule has 0 aliphatic carbocycles. The minimum atomic E-state index is 0.232. The summed E-state index contributed by atoms with van der Waals surface area (Å²) in [4.78, 5) is 0. The van der Waals surface area contributed by atoms with Crippen LogP contribution in [0.1, 0.15) is 16.7 Å². The minimum absolute atomic E-state index is 0.232. The summed E-state index contributed by atoms with van der Waals surface area (Å²) in [5, 5.41) is 9.82. The van der Waals surface area contributed by atoms with Crippen LogP contribution in [0.4, 0.5) is 0 Å². The Hall–Kier alpha value is -1.22. The van der Waals surface area contributed by atoms with Gasteiger partial charge in [-0.2, -0.15) is 0 Å². The molecular formula is C11H17NO2. The molecule has 0 atom stereocenters. The molecule has 0 radical (unpaired) electrons. The van der Waals surface area contributed by atoms with Gasteiger partial charge in [0, 0.05) is 0 Å². The fraction of sp³-hybridized carbons (Fsp3) is 0.455. The highest BCUT2D eigenvalue weighted by molar-refractivity contribution is 5.54. The van der Waals surface area contributed by atoms with E-state index in [2.05, 4.69) is 0 Å². The van der Waals surface area contributed by atoms with Gasteiger partial charge in [0.25, 0.3) is 0 Å². The molecule has 0 aliphatic rings. The Kier molecular flexibility index (Phi) is 3.36. The lowest BCUT2D eigenvalue weighted by molar-refractivity contribution is 0.367. The van der Waals surface area contributed by atoms with Crippen molar-refractivity contribution in [2.24, 2.45) is 5.73 Å². The molecule has 14 heavy (non-hydrogen) atoms. The van der Waals surface area contributed by atoms with Crippen molar-refractivity contribution in [1.29, 1.82) is 0 Å². The minimum Gasteiger partial charge on any atom is -0.504 e. The van der Waals surface area contributed by atoms with Gasteiger partial charge in [-0.3, -0.25) is 0 Å². The lowest BCUT2D eigenvalue weighted by Crippen LogP contribution is -2.05. The quantitative estimate of drug-likeness (QED) is 0.768. The van der Waals surface area contributed by atoms with E-state index in [9.17, 15) is 5.11 Å². The van der Waals surface area contributed by atoms with Crippen molar-refractivity contribution in [3.05, 3.63) is 22.8 Å². The number of benzene rings is 1. The molecule has 0 bridgehead atoms. The van der Waals surface area contributed by atoms with Gasteiger partial charge in [0.05, 0.1) is 7.11 Å². The molecule has 3 heteroatoms. The Bertz CT molecular complexity index is 335. The third-order valence-electron chi connectivity index (χ3n) is 2.46. The van der Waals surface area contributed by atoms with E-state index in [1.807, 2.05) is 19.9 Å². The lowest BCUT2D eigenvalue weighted by Gasteiger charge is -2.13. The number of rotatable bonds is 3. The monoisotopic (exact) mass is 195 g/mol. The van der Waals surface area contributed by atoms with Crippen LogP contribution < -0.4 is 10.5 Å². The van der Waals surface area contributed by atoms with E-state index in [0.29, 0.717) is 12.3 Å². The second-order valence-electron chi connectivity index (χ2n) is 3.40. The number of hydrogen-bond donors (Lipinski definition) is 2. The Balaban J connectivity index is 3.28. The summed E-state index contributed by atoms with van der Waals surface area (Å²) in [5.41, 5.74) is 8.38. The van der Waals surface area contributed by atoms with Crippen LogP contribution in [0.2, 0.25) is 0 Å². The molecule has 0 amide bonds. The summed E-state index contributed by atoms with van der Waals surface area (Å²) < 4.78 is 5.16. The smallest absolute Gasteiger partial charge is 0.164 e.